The summed E-state index contributed by atoms with van der Waals surface area (Å²) in [7, 11) is 0. The normalized spacial score (nSPS) is 42.0. The van der Waals surface area contributed by atoms with Crippen LogP contribution in [-0.2, 0) is 4.74 Å². The monoisotopic (exact) mass is 231 g/mol. The van der Waals surface area contributed by atoms with E-state index in [1.54, 1.807) is 0 Å². The van der Waals surface area contributed by atoms with E-state index in [0.29, 0.717) is 19.3 Å². The summed E-state index contributed by atoms with van der Waals surface area (Å²) in [6, 6.07) is 0.744. The van der Waals surface area contributed by atoms with Crippen LogP contribution < -0.4 is 5.32 Å². The van der Waals surface area contributed by atoms with Gasteiger partial charge in [0.2, 0.25) is 0 Å². The molecule has 2 rings (SSSR count). The summed E-state index contributed by atoms with van der Waals surface area (Å²) in [4.78, 5) is 0. The van der Waals surface area contributed by atoms with Crippen molar-refractivity contribution in [2.24, 2.45) is 0 Å². The zero-order chi connectivity index (χ0) is 10.7. The fraction of sp³-hybridized carbons (Fsp3) is 1.00. The quantitative estimate of drug-likeness (QED) is 0.760. The Morgan fingerprint density at radius 1 is 1.33 bits per heavy atom. The molecular weight excluding hydrogens is 210 g/mol. The molecule has 0 aromatic heterocycles. The largest absolute Gasteiger partial charge is 0.389 e. The Hall–Kier alpha value is 0.230. The van der Waals surface area contributed by atoms with E-state index in [2.05, 4.69) is 11.6 Å². The first-order valence-electron chi connectivity index (χ1n) is 5.84. The molecule has 1 aliphatic heterocycles. The molecule has 0 amide bonds. The summed E-state index contributed by atoms with van der Waals surface area (Å²) < 4.78 is 5.25. The van der Waals surface area contributed by atoms with Gasteiger partial charge in [-0.1, -0.05) is 6.42 Å². The van der Waals surface area contributed by atoms with Crippen molar-refractivity contribution in [3.63, 3.8) is 0 Å². The topological polar surface area (TPSA) is 41.5 Å². The van der Waals surface area contributed by atoms with Gasteiger partial charge in [0, 0.05) is 11.3 Å². The molecule has 88 valence electrons. The van der Waals surface area contributed by atoms with Crippen molar-refractivity contribution in [2.75, 3.05) is 19.5 Å². The molecule has 2 N–H and O–H groups in total. The second-order valence-corrected chi connectivity index (χ2v) is 5.74. The number of aliphatic hydroxyl groups excluding tert-OH is 1. The minimum Gasteiger partial charge on any atom is -0.389 e. The number of thioether (sulfide) groups is 1. The first-order chi connectivity index (χ1) is 7.29. The van der Waals surface area contributed by atoms with Gasteiger partial charge in [0.15, 0.2) is 0 Å². The Morgan fingerprint density at radius 3 is 2.87 bits per heavy atom. The van der Waals surface area contributed by atoms with Gasteiger partial charge in [-0.25, -0.2) is 0 Å². The molecule has 4 heteroatoms. The molecular formula is C11H21NO2S. The summed E-state index contributed by atoms with van der Waals surface area (Å²) in [5, 5.41) is 14.0. The molecule has 1 saturated carbocycles. The summed E-state index contributed by atoms with van der Waals surface area (Å²) in [6.07, 6.45) is 7.04. The Labute approximate surface area is 96.0 Å². The fourth-order valence-corrected chi connectivity index (χ4v) is 3.34. The van der Waals surface area contributed by atoms with E-state index >= 15 is 0 Å². The second-order valence-electron chi connectivity index (χ2n) is 4.60. The number of hydrogen-bond acceptors (Lipinski definition) is 4. The molecule has 1 heterocycles. The highest BCUT2D eigenvalue weighted by molar-refractivity contribution is 7.99. The van der Waals surface area contributed by atoms with E-state index in [0.717, 1.165) is 5.25 Å². The minimum absolute atomic E-state index is 0.163. The lowest BCUT2D eigenvalue weighted by molar-refractivity contribution is 0.120. The molecule has 0 spiro atoms. The Morgan fingerprint density at radius 2 is 2.20 bits per heavy atom. The van der Waals surface area contributed by atoms with E-state index in [1.807, 2.05) is 11.8 Å². The van der Waals surface area contributed by atoms with Crippen molar-refractivity contribution in [2.45, 2.75) is 49.1 Å². The lowest BCUT2D eigenvalue weighted by Gasteiger charge is -2.31. The van der Waals surface area contributed by atoms with Crippen LogP contribution in [0.25, 0.3) is 0 Å². The predicted octanol–water partition coefficient (Wildman–Crippen LogP) is 1.01. The van der Waals surface area contributed by atoms with Crippen molar-refractivity contribution in [1.29, 1.82) is 0 Å². The van der Waals surface area contributed by atoms with Crippen LogP contribution in [0, 0.1) is 0 Å². The van der Waals surface area contributed by atoms with Gasteiger partial charge in [0.1, 0.15) is 0 Å². The molecule has 0 radical (unpaired) electrons. The van der Waals surface area contributed by atoms with E-state index in [4.69, 9.17) is 4.74 Å². The molecule has 0 aromatic carbocycles. The summed E-state index contributed by atoms with van der Waals surface area (Å²) in [5.74, 6) is 0. The number of ether oxygens (including phenoxy) is 1. The summed E-state index contributed by atoms with van der Waals surface area (Å²) >= 11 is 1.97. The second kappa shape index (κ2) is 5.53. The molecule has 2 fully saturated rings. The smallest absolute Gasteiger partial charge is 0.0948 e. The van der Waals surface area contributed by atoms with Gasteiger partial charge in [0.05, 0.1) is 25.4 Å². The number of hydrogen-bond donors (Lipinski definition) is 2. The van der Waals surface area contributed by atoms with Gasteiger partial charge in [-0.3, -0.25) is 0 Å². The first kappa shape index (κ1) is 11.7. The number of aliphatic hydroxyl groups is 1. The van der Waals surface area contributed by atoms with Crippen LogP contribution in [0.4, 0.5) is 0 Å². The highest BCUT2D eigenvalue weighted by Crippen LogP contribution is 2.27. The number of rotatable bonds is 3. The molecule has 3 nitrogen and oxygen atoms in total. The molecule has 4 unspecified atom stereocenters. The van der Waals surface area contributed by atoms with Gasteiger partial charge in [-0.05, 0) is 25.5 Å². The third kappa shape index (κ3) is 3.09. The summed E-state index contributed by atoms with van der Waals surface area (Å²) in [6.45, 7) is 1.16. The van der Waals surface area contributed by atoms with Crippen molar-refractivity contribution in [3.8, 4) is 0 Å². The van der Waals surface area contributed by atoms with Crippen molar-refractivity contribution >= 4 is 11.8 Å². The Kier molecular flexibility index (Phi) is 4.31. The van der Waals surface area contributed by atoms with Crippen LogP contribution in [0.15, 0.2) is 0 Å². The standard InChI is InChI=1S/C11H21NO2S/c1-15-9-4-2-3-8(5-9)12-10-6-14-7-11(10)13/h8-13H,2-7H2,1H3. The zero-order valence-corrected chi connectivity index (χ0v) is 10.1. The maximum absolute atomic E-state index is 9.65. The molecule has 1 aliphatic carbocycles. The van der Waals surface area contributed by atoms with E-state index in [1.165, 1.54) is 25.7 Å². The third-order valence-corrected chi connectivity index (χ3v) is 4.55. The average molecular weight is 231 g/mol. The third-order valence-electron chi connectivity index (χ3n) is 3.46. The van der Waals surface area contributed by atoms with Gasteiger partial charge in [0.25, 0.3) is 0 Å². The lowest BCUT2D eigenvalue weighted by atomic mass is 9.94. The number of nitrogens with one attached hydrogen (secondary N) is 1. The SMILES string of the molecule is CSC1CCCC(NC2COCC2O)C1. The molecule has 0 aromatic rings. The molecule has 0 bridgehead atoms. The molecule has 2 aliphatic rings. The van der Waals surface area contributed by atoms with Crippen LogP contribution >= 0.6 is 11.8 Å². The van der Waals surface area contributed by atoms with Crippen molar-refractivity contribution in [3.05, 3.63) is 0 Å². The van der Waals surface area contributed by atoms with E-state index in [-0.39, 0.29) is 12.1 Å². The van der Waals surface area contributed by atoms with Crippen LogP contribution in [0.5, 0.6) is 0 Å². The van der Waals surface area contributed by atoms with Gasteiger partial charge in [-0.2, -0.15) is 11.8 Å². The Bertz CT molecular complexity index is 203. The predicted molar refractivity (Wildman–Crippen MR) is 63.3 cm³/mol. The van der Waals surface area contributed by atoms with Gasteiger partial charge < -0.3 is 15.2 Å². The Balaban J connectivity index is 1.78. The highest BCUT2D eigenvalue weighted by atomic mass is 32.2. The van der Waals surface area contributed by atoms with Gasteiger partial charge in [-0.15, -0.1) is 0 Å². The van der Waals surface area contributed by atoms with Crippen molar-refractivity contribution in [1.82, 2.24) is 5.32 Å². The zero-order valence-electron chi connectivity index (χ0n) is 9.32. The fourth-order valence-electron chi connectivity index (χ4n) is 2.52. The first-order valence-corrected chi connectivity index (χ1v) is 7.13. The highest BCUT2D eigenvalue weighted by Gasteiger charge is 2.30. The molecule has 1 saturated heterocycles. The van der Waals surface area contributed by atoms with Crippen molar-refractivity contribution < 1.29 is 9.84 Å². The van der Waals surface area contributed by atoms with Crippen LogP contribution in [-0.4, -0.2) is 48.0 Å². The molecule has 4 atom stereocenters. The minimum atomic E-state index is -0.306. The van der Waals surface area contributed by atoms with Crippen LogP contribution in [0.3, 0.4) is 0 Å². The van der Waals surface area contributed by atoms with Crippen LogP contribution in [0.1, 0.15) is 25.7 Å². The van der Waals surface area contributed by atoms with E-state index < -0.39 is 0 Å². The molecule has 15 heavy (non-hydrogen) atoms. The van der Waals surface area contributed by atoms with Crippen LogP contribution in [0.2, 0.25) is 0 Å². The van der Waals surface area contributed by atoms with E-state index in [9.17, 15) is 5.11 Å². The lowest BCUT2D eigenvalue weighted by Crippen LogP contribution is -2.47. The van der Waals surface area contributed by atoms with Gasteiger partial charge >= 0.3 is 0 Å². The average Bonchev–Trinajstić information content (AvgIpc) is 2.65. The maximum atomic E-state index is 9.65. The summed E-state index contributed by atoms with van der Waals surface area (Å²) in [5.41, 5.74) is 0. The maximum Gasteiger partial charge on any atom is 0.0948 e.